The van der Waals surface area contributed by atoms with Gasteiger partial charge in [-0.2, -0.15) is 0 Å². The third-order valence-electron chi connectivity index (χ3n) is 2.85. The number of hydrogen-bond acceptors (Lipinski definition) is 2. The highest BCUT2D eigenvalue weighted by molar-refractivity contribution is 4.88. The van der Waals surface area contributed by atoms with Crippen molar-refractivity contribution < 1.29 is 8.78 Å². The minimum absolute atomic E-state index is 0.110. The summed E-state index contributed by atoms with van der Waals surface area (Å²) in [4.78, 5) is 2.07. The molecule has 0 spiro atoms. The Hall–Kier alpha value is -0.220. The molecule has 0 aromatic heterocycles. The van der Waals surface area contributed by atoms with E-state index in [0.29, 0.717) is 12.8 Å². The highest BCUT2D eigenvalue weighted by atomic mass is 19.3. The van der Waals surface area contributed by atoms with Gasteiger partial charge in [-0.15, -0.1) is 0 Å². The van der Waals surface area contributed by atoms with Crippen molar-refractivity contribution in [3.05, 3.63) is 0 Å². The van der Waals surface area contributed by atoms with Gasteiger partial charge in [0.15, 0.2) is 0 Å². The van der Waals surface area contributed by atoms with E-state index in [1.54, 1.807) is 0 Å². The Morgan fingerprint density at radius 2 is 1.92 bits per heavy atom. The Kier molecular flexibility index (Phi) is 3.01. The lowest BCUT2D eigenvalue weighted by Gasteiger charge is -2.39. The molecule has 0 amide bonds. The molecule has 0 unspecified atom stereocenters. The summed E-state index contributed by atoms with van der Waals surface area (Å²) in [5.41, 5.74) is 4.49. The van der Waals surface area contributed by atoms with Crippen molar-refractivity contribution >= 4 is 0 Å². The second kappa shape index (κ2) is 3.66. The van der Waals surface area contributed by atoms with Gasteiger partial charge in [0.2, 0.25) is 6.43 Å². The second-order valence-electron chi connectivity index (χ2n) is 3.67. The molecule has 1 saturated heterocycles. The van der Waals surface area contributed by atoms with E-state index in [1.807, 2.05) is 7.05 Å². The lowest BCUT2D eigenvalue weighted by Crippen LogP contribution is -2.46. The Balaban J connectivity index is 2.57. The minimum Gasteiger partial charge on any atom is -0.330 e. The molecule has 1 rings (SSSR count). The highest BCUT2D eigenvalue weighted by Crippen LogP contribution is 2.35. The molecule has 2 nitrogen and oxygen atoms in total. The van der Waals surface area contributed by atoms with E-state index in [0.717, 1.165) is 13.1 Å². The van der Waals surface area contributed by atoms with E-state index in [9.17, 15) is 8.78 Å². The van der Waals surface area contributed by atoms with E-state index in [4.69, 9.17) is 5.73 Å². The minimum atomic E-state index is -2.27. The molecule has 2 N–H and O–H groups in total. The molecule has 72 valence electrons. The lowest BCUT2D eigenvalue weighted by atomic mass is 9.79. The monoisotopic (exact) mass is 178 g/mol. The van der Waals surface area contributed by atoms with Gasteiger partial charge in [-0.3, -0.25) is 0 Å². The number of nitrogens with two attached hydrogens (primary N) is 1. The number of alkyl halides is 2. The van der Waals surface area contributed by atoms with Crippen LogP contribution in [-0.4, -0.2) is 38.0 Å². The van der Waals surface area contributed by atoms with Crippen LogP contribution < -0.4 is 5.73 Å². The van der Waals surface area contributed by atoms with Crippen molar-refractivity contribution in [2.75, 3.05) is 26.7 Å². The average molecular weight is 178 g/mol. The summed E-state index contributed by atoms with van der Waals surface area (Å²) in [6, 6.07) is 0. The van der Waals surface area contributed by atoms with Crippen LogP contribution in [0.2, 0.25) is 0 Å². The predicted molar refractivity (Wildman–Crippen MR) is 44.2 cm³/mol. The summed E-state index contributed by atoms with van der Waals surface area (Å²) < 4.78 is 25.2. The lowest BCUT2D eigenvalue weighted by molar-refractivity contribution is -0.0375. The fourth-order valence-corrected chi connectivity index (χ4v) is 1.58. The number of piperidine rings is 1. The van der Waals surface area contributed by atoms with Crippen LogP contribution in [0.15, 0.2) is 0 Å². The smallest absolute Gasteiger partial charge is 0.245 e. The summed E-state index contributed by atoms with van der Waals surface area (Å²) >= 11 is 0. The van der Waals surface area contributed by atoms with Crippen LogP contribution in [0, 0.1) is 5.41 Å². The zero-order chi connectivity index (χ0) is 9.19. The van der Waals surface area contributed by atoms with Crippen LogP contribution in [0.4, 0.5) is 8.78 Å². The van der Waals surface area contributed by atoms with E-state index in [1.165, 1.54) is 0 Å². The molecule has 0 aromatic rings. The molecule has 1 heterocycles. The van der Waals surface area contributed by atoms with Crippen molar-refractivity contribution in [3.8, 4) is 0 Å². The number of likely N-dealkylation sites (tertiary alicyclic amines) is 1. The van der Waals surface area contributed by atoms with Crippen molar-refractivity contribution in [2.45, 2.75) is 19.3 Å². The molecule has 0 aromatic carbocycles. The molecule has 1 aliphatic rings. The summed E-state index contributed by atoms with van der Waals surface area (Å²) in [5.74, 6) is 0. The summed E-state index contributed by atoms with van der Waals surface area (Å²) in [6.45, 7) is 1.58. The number of hydrogen-bond donors (Lipinski definition) is 1. The van der Waals surface area contributed by atoms with Crippen LogP contribution in [-0.2, 0) is 0 Å². The molecule has 0 saturated carbocycles. The molecule has 0 bridgehead atoms. The molecular formula is C8H16F2N2. The van der Waals surface area contributed by atoms with Crippen LogP contribution in [0.3, 0.4) is 0 Å². The number of nitrogens with zero attached hydrogens (tertiary/aromatic N) is 1. The Morgan fingerprint density at radius 3 is 2.25 bits per heavy atom. The van der Waals surface area contributed by atoms with Crippen LogP contribution in [0.5, 0.6) is 0 Å². The van der Waals surface area contributed by atoms with Crippen molar-refractivity contribution in [1.29, 1.82) is 0 Å². The first kappa shape index (κ1) is 9.86. The van der Waals surface area contributed by atoms with Crippen LogP contribution in [0.1, 0.15) is 12.8 Å². The predicted octanol–water partition coefficient (Wildman–Crippen LogP) is 0.922. The maximum absolute atomic E-state index is 12.6. The Bertz CT molecular complexity index is 142. The molecule has 0 aliphatic carbocycles. The maximum Gasteiger partial charge on any atom is 0.245 e. The fraction of sp³-hybridized carbons (Fsp3) is 1.00. The zero-order valence-electron chi connectivity index (χ0n) is 7.39. The van der Waals surface area contributed by atoms with E-state index >= 15 is 0 Å². The van der Waals surface area contributed by atoms with Gasteiger partial charge in [0.05, 0.1) is 0 Å². The topological polar surface area (TPSA) is 29.3 Å². The summed E-state index contributed by atoms with van der Waals surface area (Å²) in [6.07, 6.45) is -1.22. The molecular weight excluding hydrogens is 162 g/mol. The summed E-state index contributed by atoms with van der Waals surface area (Å²) in [5, 5.41) is 0. The van der Waals surface area contributed by atoms with Gasteiger partial charge in [-0.05, 0) is 33.0 Å². The molecule has 4 heteroatoms. The first-order valence-electron chi connectivity index (χ1n) is 4.27. The fourth-order valence-electron chi connectivity index (χ4n) is 1.58. The van der Waals surface area contributed by atoms with Gasteiger partial charge < -0.3 is 10.6 Å². The van der Waals surface area contributed by atoms with Gasteiger partial charge in [-0.1, -0.05) is 0 Å². The van der Waals surface area contributed by atoms with Crippen molar-refractivity contribution in [3.63, 3.8) is 0 Å². The van der Waals surface area contributed by atoms with Gasteiger partial charge in [0.1, 0.15) is 0 Å². The molecule has 1 aliphatic heterocycles. The average Bonchev–Trinajstić information content (AvgIpc) is 2.06. The third-order valence-corrected chi connectivity index (χ3v) is 2.85. The van der Waals surface area contributed by atoms with E-state index in [-0.39, 0.29) is 6.54 Å². The normalized spacial score (nSPS) is 24.8. The zero-order valence-corrected chi connectivity index (χ0v) is 7.39. The van der Waals surface area contributed by atoms with Crippen LogP contribution in [0.25, 0.3) is 0 Å². The SMILES string of the molecule is CN1CCC(CN)(C(F)F)CC1. The van der Waals surface area contributed by atoms with Crippen molar-refractivity contribution in [2.24, 2.45) is 11.1 Å². The quantitative estimate of drug-likeness (QED) is 0.681. The van der Waals surface area contributed by atoms with Gasteiger partial charge in [-0.25, -0.2) is 8.78 Å². The standard InChI is InChI=1S/C8H16F2N2/c1-12-4-2-8(6-11,3-5-12)7(9)10/h7H,2-6,11H2,1H3. The van der Waals surface area contributed by atoms with Crippen molar-refractivity contribution in [1.82, 2.24) is 4.90 Å². The van der Waals surface area contributed by atoms with E-state index in [2.05, 4.69) is 4.90 Å². The largest absolute Gasteiger partial charge is 0.330 e. The Labute approximate surface area is 71.7 Å². The first-order valence-corrected chi connectivity index (χ1v) is 4.27. The first-order chi connectivity index (χ1) is 5.60. The summed E-state index contributed by atoms with van der Waals surface area (Å²) in [7, 11) is 1.95. The highest BCUT2D eigenvalue weighted by Gasteiger charge is 2.40. The third kappa shape index (κ3) is 1.75. The van der Waals surface area contributed by atoms with Gasteiger partial charge in [0.25, 0.3) is 0 Å². The molecule has 0 radical (unpaired) electrons. The maximum atomic E-state index is 12.6. The Morgan fingerprint density at radius 1 is 1.42 bits per heavy atom. The van der Waals surface area contributed by atoms with Crippen LogP contribution >= 0.6 is 0 Å². The number of halogens is 2. The number of rotatable bonds is 2. The molecule has 12 heavy (non-hydrogen) atoms. The molecule has 1 fully saturated rings. The second-order valence-corrected chi connectivity index (χ2v) is 3.67. The van der Waals surface area contributed by atoms with E-state index < -0.39 is 11.8 Å². The van der Waals surface area contributed by atoms with Gasteiger partial charge in [0, 0.05) is 12.0 Å². The van der Waals surface area contributed by atoms with Gasteiger partial charge >= 0.3 is 0 Å². The molecule has 0 atom stereocenters.